The quantitative estimate of drug-likeness (QED) is 0.829. The lowest BCUT2D eigenvalue weighted by molar-refractivity contribution is -0.0508. The summed E-state index contributed by atoms with van der Waals surface area (Å²) in [7, 11) is 1.77. The molecule has 0 saturated carbocycles. The van der Waals surface area contributed by atoms with Crippen molar-refractivity contribution in [2.75, 3.05) is 20.2 Å². The molecule has 0 radical (unpaired) electrons. The number of fused-ring (bicyclic) bond motifs is 1. The van der Waals surface area contributed by atoms with E-state index in [1.165, 1.54) is 0 Å². The standard InChI is InChI=1S/C12H15N3O/c1-16-12(8-13-9-12)6-10-7-15-5-3-2-4-11(15)14-10/h2-5,7,13H,6,8-9H2,1H3. The summed E-state index contributed by atoms with van der Waals surface area (Å²) < 4.78 is 7.61. The van der Waals surface area contributed by atoms with Gasteiger partial charge in [0.1, 0.15) is 5.65 Å². The van der Waals surface area contributed by atoms with Crippen molar-refractivity contribution in [3.63, 3.8) is 0 Å². The molecule has 0 amide bonds. The summed E-state index contributed by atoms with van der Waals surface area (Å²) >= 11 is 0. The van der Waals surface area contributed by atoms with Crippen LogP contribution in [0.25, 0.3) is 5.65 Å². The molecule has 0 aromatic carbocycles. The van der Waals surface area contributed by atoms with E-state index in [1.54, 1.807) is 7.11 Å². The molecule has 0 aliphatic carbocycles. The number of methoxy groups -OCH3 is 1. The van der Waals surface area contributed by atoms with Gasteiger partial charge in [-0.05, 0) is 12.1 Å². The maximum atomic E-state index is 5.56. The Kier molecular flexibility index (Phi) is 2.19. The maximum absolute atomic E-state index is 5.56. The van der Waals surface area contributed by atoms with Crippen LogP contribution in [0.1, 0.15) is 5.69 Å². The molecule has 0 unspecified atom stereocenters. The second kappa shape index (κ2) is 3.57. The first-order valence-electron chi connectivity index (χ1n) is 5.50. The molecular formula is C12H15N3O. The fourth-order valence-electron chi connectivity index (χ4n) is 2.15. The first-order valence-corrected chi connectivity index (χ1v) is 5.50. The lowest BCUT2D eigenvalue weighted by Crippen LogP contribution is -2.61. The van der Waals surface area contributed by atoms with Crippen LogP contribution in [0.2, 0.25) is 0 Å². The van der Waals surface area contributed by atoms with E-state index in [0.717, 1.165) is 30.9 Å². The Morgan fingerprint density at radius 2 is 2.38 bits per heavy atom. The molecular weight excluding hydrogens is 202 g/mol. The molecule has 1 aliphatic rings. The molecule has 16 heavy (non-hydrogen) atoms. The largest absolute Gasteiger partial charge is 0.375 e. The summed E-state index contributed by atoms with van der Waals surface area (Å²) in [6.45, 7) is 1.83. The molecule has 4 heteroatoms. The normalized spacial score (nSPS) is 18.6. The SMILES string of the molecule is COC1(Cc2cn3ccccc3n2)CNC1. The molecule has 0 bridgehead atoms. The van der Waals surface area contributed by atoms with Gasteiger partial charge >= 0.3 is 0 Å². The lowest BCUT2D eigenvalue weighted by atomic mass is 9.91. The van der Waals surface area contributed by atoms with Crippen LogP contribution in [-0.4, -0.2) is 35.2 Å². The topological polar surface area (TPSA) is 38.6 Å². The highest BCUT2D eigenvalue weighted by Gasteiger charge is 2.37. The molecule has 2 aromatic heterocycles. The smallest absolute Gasteiger partial charge is 0.136 e. The van der Waals surface area contributed by atoms with Gasteiger partial charge in [0, 0.05) is 39.0 Å². The fraction of sp³-hybridized carbons (Fsp3) is 0.417. The minimum Gasteiger partial charge on any atom is -0.375 e. The van der Waals surface area contributed by atoms with Crippen molar-refractivity contribution in [2.45, 2.75) is 12.0 Å². The third-order valence-corrected chi connectivity index (χ3v) is 3.24. The molecule has 1 saturated heterocycles. The van der Waals surface area contributed by atoms with E-state index in [0.29, 0.717) is 0 Å². The van der Waals surface area contributed by atoms with E-state index in [-0.39, 0.29) is 5.60 Å². The van der Waals surface area contributed by atoms with Crippen LogP contribution in [0, 0.1) is 0 Å². The van der Waals surface area contributed by atoms with Gasteiger partial charge in [-0.25, -0.2) is 4.98 Å². The minimum atomic E-state index is -0.0437. The average molecular weight is 217 g/mol. The molecule has 1 N–H and O–H groups in total. The third kappa shape index (κ3) is 1.50. The fourth-order valence-corrected chi connectivity index (χ4v) is 2.15. The molecule has 3 heterocycles. The Morgan fingerprint density at radius 1 is 1.50 bits per heavy atom. The van der Waals surface area contributed by atoms with Crippen LogP contribution >= 0.6 is 0 Å². The molecule has 1 aliphatic heterocycles. The van der Waals surface area contributed by atoms with E-state index < -0.39 is 0 Å². The van der Waals surface area contributed by atoms with E-state index in [2.05, 4.69) is 16.5 Å². The summed E-state index contributed by atoms with van der Waals surface area (Å²) in [4.78, 5) is 4.58. The van der Waals surface area contributed by atoms with Gasteiger partial charge in [0.25, 0.3) is 0 Å². The van der Waals surface area contributed by atoms with Crippen LogP contribution < -0.4 is 5.32 Å². The molecule has 0 atom stereocenters. The number of aromatic nitrogens is 2. The first kappa shape index (κ1) is 9.81. The van der Waals surface area contributed by atoms with Crippen molar-refractivity contribution in [1.82, 2.24) is 14.7 Å². The van der Waals surface area contributed by atoms with Gasteiger partial charge in [0.05, 0.1) is 11.3 Å². The van der Waals surface area contributed by atoms with Gasteiger partial charge in [-0.3, -0.25) is 0 Å². The Labute approximate surface area is 94.3 Å². The van der Waals surface area contributed by atoms with Gasteiger partial charge in [-0.2, -0.15) is 0 Å². The number of imidazole rings is 1. The highest BCUT2D eigenvalue weighted by atomic mass is 16.5. The highest BCUT2D eigenvalue weighted by Crippen LogP contribution is 2.21. The molecule has 4 nitrogen and oxygen atoms in total. The number of nitrogens with one attached hydrogen (secondary N) is 1. The second-order valence-electron chi connectivity index (χ2n) is 4.37. The maximum Gasteiger partial charge on any atom is 0.136 e. The number of pyridine rings is 1. The van der Waals surface area contributed by atoms with Gasteiger partial charge in [0.2, 0.25) is 0 Å². The van der Waals surface area contributed by atoms with Crippen molar-refractivity contribution < 1.29 is 4.74 Å². The van der Waals surface area contributed by atoms with E-state index in [1.807, 2.05) is 28.8 Å². The zero-order valence-electron chi connectivity index (χ0n) is 9.31. The molecule has 84 valence electrons. The monoisotopic (exact) mass is 217 g/mol. The summed E-state index contributed by atoms with van der Waals surface area (Å²) in [6, 6.07) is 6.03. The molecule has 3 rings (SSSR count). The van der Waals surface area contributed by atoms with Crippen LogP contribution in [0.3, 0.4) is 0 Å². The molecule has 0 spiro atoms. The van der Waals surface area contributed by atoms with E-state index in [4.69, 9.17) is 4.74 Å². The average Bonchev–Trinajstić information content (AvgIpc) is 2.65. The lowest BCUT2D eigenvalue weighted by Gasteiger charge is -2.40. The van der Waals surface area contributed by atoms with Crippen molar-refractivity contribution in [1.29, 1.82) is 0 Å². The first-order chi connectivity index (χ1) is 7.81. The molecule has 1 fully saturated rings. The van der Waals surface area contributed by atoms with Gasteiger partial charge in [-0.15, -0.1) is 0 Å². The van der Waals surface area contributed by atoms with E-state index in [9.17, 15) is 0 Å². The Hall–Kier alpha value is -1.39. The van der Waals surface area contributed by atoms with Crippen molar-refractivity contribution in [3.8, 4) is 0 Å². The number of nitrogens with zero attached hydrogens (tertiary/aromatic N) is 2. The zero-order chi connectivity index (χ0) is 11.0. The van der Waals surface area contributed by atoms with Crippen molar-refractivity contribution >= 4 is 5.65 Å². The number of ether oxygens (including phenoxy) is 1. The summed E-state index contributed by atoms with van der Waals surface area (Å²) in [6.07, 6.45) is 4.97. The predicted octanol–water partition coefficient (Wildman–Crippen LogP) is 0.865. The predicted molar refractivity (Wildman–Crippen MR) is 61.5 cm³/mol. The summed E-state index contributed by atoms with van der Waals surface area (Å²) in [5.74, 6) is 0. The minimum absolute atomic E-state index is 0.0437. The van der Waals surface area contributed by atoms with Gasteiger partial charge < -0.3 is 14.5 Å². The Bertz CT molecular complexity index is 463. The summed E-state index contributed by atoms with van der Waals surface area (Å²) in [5.41, 5.74) is 2.04. The Morgan fingerprint density at radius 3 is 3.00 bits per heavy atom. The van der Waals surface area contributed by atoms with Crippen LogP contribution in [-0.2, 0) is 11.2 Å². The zero-order valence-corrected chi connectivity index (χ0v) is 9.31. The number of hydrogen-bond donors (Lipinski definition) is 1. The number of rotatable bonds is 3. The van der Waals surface area contributed by atoms with Crippen molar-refractivity contribution in [2.24, 2.45) is 0 Å². The number of hydrogen-bond acceptors (Lipinski definition) is 3. The van der Waals surface area contributed by atoms with Gasteiger partial charge in [0.15, 0.2) is 0 Å². The van der Waals surface area contributed by atoms with E-state index >= 15 is 0 Å². The van der Waals surface area contributed by atoms with Crippen LogP contribution in [0.4, 0.5) is 0 Å². The summed E-state index contributed by atoms with van der Waals surface area (Å²) in [5, 5.41) is 3.25. The molecule has 2 aromatic rings. The van der Waals surface area contributed by atoms with Crippen LogP contribution in [0.5, 0.6) is 0 Å². The van der Waals surface area contributed by atoms with Crippen molar-refractivity contribution in [3.05, 3.63) is 36.3 Å². The third-order valence-electron chi connectivity index (χ3n) is 3.24. The van der Waals surface area contributed by atoms with Crippen LogP contribution in [0.15, 0.2) is 30.6 Å². The highest BCUT2D eigenvalue weighted by molar-refractivity contribution is 5.39. The second-order valence-corrected chi connectivity index (χ2v) is 4.37. The Balaban J connectivity index is 1.89. The van der Waals surface area contributed by atoms with Gasteiger partial charge in [-0.1, -0.05) is 6.07 Å².